The van der Waals surface area contributed by atoms with E-state index in [1.54, 1.807) is 18.0 Å². The zero-order valence-electron chi connectivity index (χ0n) is 17.2. The van der Waals surface area contributed by atoms with Gasteiger partial charge in [0.25, 0.3) is 0 Å². The van der Waals surface area contributed by atoms with Gasteiger partial charge in [-0.05, 0) is 57.9 Å². The monoisotopic (exact) mass is 407 g/mol. The summed E-state index contributed by atoms with van der Waals surface area (Å²) in [5, 5.41) is 12.0. The Kier molecular flexibility index (Phi) is 7.49. The smallest absolute Gasteiger partial charge is 0.410 e. The molecule has 0 saturated carbocycles. The van der Waals surface area contributed by atoms with E-state index in [9.17, 15) is 4.79 Å². The van der Waals surface area contributed by atoms with Crippen LogP contribution in [-0.4, -0.2) is 54.7 Å². The van der Waals surface area contributed by atoms with E-state index >= 15 is 0 Å². The number of halogens is 1. The van der Waals surface area contributed by atoms with Crippen molar-refractivity contribution in [1.29, 1.82) is 5.41 Å². The molecule has 2 atom stereocenters. The molecule has 0 aromatic heterocycles. The summed E-state index contributed by atoms with van der Waals surface area (Å²) in [5.74, 6) is 0. The largest absolute Gasteiger partial charge is 0.444 e. The Labute approximate surface area is 172 Å². The van der Waals surface area contributed by atoms with Crippen LogP contribution in [0.3, 0.4) is 0 Å². The first-order chi connectivity index (χ1) is 13.1. The highest BCUT2D eigenvalue weighted by Crippen LogP contribution is 2.22. The fraction of sp³-hybridized carbons (Fsp3) is 0.524. The third-order valence-corrected chi connectivity index (χ3v) is 4.67. The average molecular weight is 408 g/mol. The molecule has 2 rings (SSSR count). The van der Waals surface area contributed by atoms with Gasteiger partial charge in [0.2, 0.25) is 0 Å². The van der Waals surface area contributed by atoms with Crippen LogP contribution in [0.5, 0.6) is 0 Å². The lowest BCUT2D eigenvalue weighted by molar-refractivity contribution is -0.0479. The Bertz CT molecular complexity index is 725. The molecule has 28 heavy (non-hydrogen) atoms. The maximum Gasteiger partial charge on any atom is 0.410 e. The number of hydrogen-bond donors (Lipinski definition) is 2. The first-order valence-electron chi connectivity index (χ1n) is 9.39. The number of allylic oxidation sites excluding steroid dienone is 1. The number of rotatable bonds is 5. The molecule has 6 nitrogen and oxygen atoms in total. The average Bonchev–Trinajstić information content (AvgIpc) is 2.62. The molecule has 7 heteroatoms. The lowest BCUT2D eigenvalue weighted by Gasteiger charge is -2.40. The molecule has 1 amide bonds. The topological polar surface area (TPSA) is 74.7 Å². The molecule has 1 saturated heterocycles. The molecule has 2 N–H and O–H groups in total. The molecule has 1 aliphatic rings. The maximum atomic E-state index is 12.8. The molecule has 1 aromatic carbocycles. The number of hydrogen-bond acceptors (Lipinski definition) is 5. The van der Waals surface area contributed by atoms with E-state index in [2.05, 4.69) is 5.32 Å². The SMILES string of the molecule is CN/C(C)=C\C(=N)C1CN(C(=O)OC(C)(C)C)C(Cc2ccc(Cl)cc2)CO1. The van der Waals surface area contributed by atoms with Crippen molar-refractivity contribution in [3.05, 3.63) is 46.6 Å². The Morgan fingerprint density at radius 2 is 2.04 bits per heavy atom. The second-order valence-electron chi connectivity index (χ2n) is 7.97. The first kappa shape index (κ1) is 22.2. The lowest BCUT2D eigenvalue weighted by atomic mass is 10.0. The van der Waals surface area contributed by atoms with Gasteiger partial charge in [-0.1, -0.05) is 23.7 Å². The van der Waals surface area contributed by atoms with Crippen molar-refractivity contribution in [1.82, 2.24) is 10.2 Å². The minimum atomic E-state index is -0.591. The maximum absolute atomic E-state index is 12.8. The molecule has 0 radical (unpaired) electrons. The van der Waals surface area contributed by atoms with Gasteiger partial charge in [0.1, 0.15) is 11.7 Å². The van der Waals surface area contributed by atoms with Gasteiger partial charge in [-0.15, -0.1) is 0 Å². The molecule has 1 aliphatic heterocycles. The molecule has 0 spiro atoms. The molecular weight excluding hydrogens is 378 g/mol. The van der Waals surface area contributed by atoms with Gasteiger partial charge in [-0.2, -0.15) is 0 Å². The Hall–Kier alpha value is -2.05. The second kappa shape index (κ2) is 9.43. The summed E-state index contributed by atoms with van der Waals surface area (Å²) in [6, 6.07) is 7.39. The Balaban J connectivity index is 2.18. The van der Waals surface area contributed by atoms with Gasteiger partial charge in [0.15, 0.2) is 0 Å². The highest BCUT2D eigenvalue weighted by molar-refractivity contribution is 6.30. The van der Waals surface area contributed by atoms with E-state index in [-0.39, 0.29) is 18.7 Å². The molecule has 0 aliphatic carbocycles. The van der Waals surface area contributed by atoms with Crippen molar-refractivity contribution in [3.63, 3.8) is 0 Å². The summed E-state index contributed by atoms with van der Waals surface area (Å²) in [7, 11) is 1.80. The Morgan fingerprint density at radius 3 is 2.61 bits per heavy atom. The predicted octanol–water partition coefficient (Wildman–Crippen LogP) is 4.03. The van der Waals surface area contributed by atoms with Crippen LogP contribution in [0.4, 0.5) is 4.79 Å². The normalized spacial score (nSPS) is 20.6. The summed E-state index contributed by atoms with van der Waals surface area (Å²) in [4.78, 5) is 14.5. The fourth-order valence-corrected chi connectivity index (χ4v) is 3.02. The van der Waals surface area contributed by atoms with E-state index in [0.29, 0.717) is 23.8 Å². The zero-order valence-corrected chi connectivity index (χ0v) is 18.0. The second-order valence-corrected chi connectivity index (χ2v) is 8.41. The van der Waals surface area contributed by atoms with Crippen LogP contribution in [-0.2, 0) is 15.9 Å². The summed E-state index contributed by atoms with van der Waals surface area (Å²) in [6.45, 7) is 8.03. The standard InChI is InChI=1S/C21H30ClN3O3/c1-14(24-5)10-18(23)19-12-25(20(26)28-21(2,3)4)17(13-27-19)11-15-6-8-16(22)9-7-15/h6-10,17,19,23-24H,11-13H2,1-5H3/b14-10-,23-18?. The summed E-state index contributed by atoms with van der Waals surface area (Å²) < 4.78 is 11.5. The van der Waals surface area contributed by atoms with Crippen LogP contribution >= 0.6 is 11.6 Å². The number of carbonyl (C=O) groups is 1. The van der Waals surface area contributed by atoms with Crippen molar-refractivity contribution < 1.29 is 14.3 Å². The lowest BCUT2D eigenvalue weighted by Crippen LogP contribution is -2.55. The number of carbonyl (C=O) groups excluding carboxylic acids is 1. The number of morpholine rings is 1. The zero-order chi connectivity index (χ0) is 20.9. The number of amides is 1. The number of nitrogens with zero attached hydrogens (tertiary/aromatic N) is 1. The van der Waals surface area contributed by atoms with Crippen molar-refractivity contribution >= 4 is 23.4 Å². The van der Waals surface area contributed by atoms with Gasteiger partial charge in [0.05, 0.1) is 24.9 Å². The van der Waals surface area contributed by atoms with Crippen LogP contribution in [0.25, 0.3) is 0 Å². The van der Waals surface area contributed by atoms with Gasteiger partial charge in [-0.3, -0.25) is 4.90 Å². The highest BCUT2D eigenvalue weighted by atomic mass is 35.5. The molecular formula is C21H30ClN3O3. The first-order valence-corrected chi connectivity index (χ1v) is 9.77. The minimum absolute atomic E-state index is 0.172. The van der Waals surface area contributed by atoms with Crippen molar-refractivity contribution in [2.75, 3.05) is 20.2 Å². The molecule has 154 valence electrons. The van der Waals surface area contributed by atoms with Gasteiger partial charge < -0.3 is 20.2 Å². The van der Waals surface area contributed by atoms with Crippen molar-refractivity contribution in [3.8, 4) is 0 Å². The number of benzene rings is 1. The van der Waals surface area contributed by atoms with Crippen LogP contribution < -0.4 is 5.32 Å². The van der Waals surface area contributed by atoms with E-state index < -0.39 is 11.7 Å². The van der Waals surface area contributed by atoms with E-state index in [1.165, 1.54) is 0 Å². The van der Waals surface area contributed by atoms with Crippen molar-refractivity contribution in [2.24, 2.45) is 0 Å². The van der Waals surface area contributed by atoms with E-state index in [1.807, 2.05) is 52.0 Å². The summed E-state index contributed by atoms with van der Waals surface area (Å²) >= 11 is 5.97. The third kappa shape index (κ3) is 6.53. The predicted molar refractivity (Wildman–Crippen MR) is 112 cm³/mol. The Morgan fingerprint density at radius 1 is 1.39 bits per heavy atom. The van der Waals surface area contributed by atoms with Gasteiger partial charge in [0, 0.05) is 17.8 Å². The number of nitrogens with one attached hydrogen (secondary N) is 2. The molecule has 0 bridgehead atoms. The molecule has 1 aromatic rings. The summed E-state index contributed by atoms with van der Waals surface area (Å²) in [6.07, 6.45) is 1.47. The van der Waals surface area contributed by atoms with Crippen LogP contribution in [0.1, 0.15) is 33.3 Å². The highest BCUT2D eigenvalue weighted by Gasteiger charge is 2.36. The van der Waals surface area contributed by atoms with E-state index in [0.717, 1.165) is 11.3 Å². The molecule has 2 unspecified atom stereocenters. The van der Waals surface area contributed by atoms with Crippen molar-refractivity contribution in [2.45, 2.75) is 51.9 Å². The number of ether oxygens (including phenoxy) is 2. The van der Waals surface area contributed by atoms with Crippen LogP contribution in [0, 0.1) is 5.41 Å². The van der Waals surface area contributed by atoms with E-state index in [4.69, 9.17) is 26.5 Å². The molecule has 1 fully saturated rings. The van der Waals surface area contributed by atoms with Crippen LogP contribution in [0.2, 0.25) is 5.02 Å². The van der Waals surface area contributed by atoms with Gasteiger partial charge in [-0.25, -0.2) is 4.79 Å². The third-order valence-electron chi connectivity index (χ3n) is 4.42. The minimum Gasteiger partial charge on any atom is -0.444 e. The molecule has 1 heterocycles. The fourth-order valence-electron chi connectivity index (χ4n) is 2.89. The van der Waals surface area contributed by atoms with Crippen LogP contribution in [0.15, 0.2) is 36.0 Å². The van der Waals surface area contributed by atoms with Gasteiger partial charge >= 0.3 is 6.09 Å². The summed E-state index contributed by atoms with van der Waals surface area (Å²) in [5.41, 5.74) is 1.66. The quantitative estimate of drug-likeness (QED) is 0.722.